The molecule has 5 heteroatoms. The van der Waals surface area contributed by atoms with Crippen LogP contribution in [0.1, 0.15) is 31.1 Å². The van der Waals surface area contributed by atoms with Gasteiger partial charge in [-0.2, -0.15) is 0 Å². The zero-order valence-corrected chi connectivity index (χ0v) is 10.5. The monoisotopic (exact) mass is 238 g/mol. The van der Waals surface area contributed by atoms with Crippen LogP contribution in [0.4, 0.5) is 0 Å². The van der Waals surface area contributed by atoms with Gasteiger partial charge < -0.3 is 15.0 Å². The molecule has 0 spiro atoms. The number of hydrogen-bond acceptors (Lipinski definition) is 3. The van der Waals surface area contributed by atoms with E-state index in [9.17, 15) is 14.7 Å². The van der Waals surface area contributed by atoms with Gasteiger partial charge >= 0.3 is 0 Å². The third kappa shape index (κ3) is 3.17. The molecule has 0 aliphatic carbocycles. The van der Waals surface area contributed by atoms with Crippen LogP contribution in [0.3, 0.4) is 0 Å². The highest BCUT2D eigenvalue weighted by Crippen LogP contribution is 2.09. The SMILES string of the molecule is CC(O)C(C)(C)NC(=O)c1ccn(C)c(=O)c1. The van der Waals surface area contributed by atoms with E-state index < -0.39 is 11.6 Å². The van der Waals surface area contributed by atoms with E-state index in [0.29, 0.717) is 5.56 Å². The predicted molar refractivity (Wildman–Crippen MR) is 64.9 cm³/mol. The molecule has 0 bridgehead atoms. The smallest absolute Gasteiger partial charge is 0.252 e. The van der Waals surface area contributed by atoms with E-state index >= 15 is 0 Å². The van der Waals surface area contributed by atoms with Gasteiger partial charge in [0, 0.05) is 24.9 Å². The van der Waals surface area contributed by atoms with Crippen LogP contribution in [0.5, 0.6) is 0 Å². The molecule has 0 saturated carbocycles. The lowest BCUT2D eigenvalue weighted by Crippen LogP contribution is -2.51. The van der Waals surface area contributed by atoms with Gasteiger partial charge in [-0.1, -0.05) is 0 Å². The van der Waals surface area contributed by atoms with Crippen molar-refractivity contribution in [2.75, 3.05) is 0 Å². The summed E-state index contributed by atoms with van der Waals surface area (Å²) >= 11 is 0. The Labute approximate surface area is 100 Å². The number of nitrogens with one attached hydrogen (secondary N) is 1. The summed E-state index contributed by atoms with van der Waals surface area (Å²) in [5.41, 5.74) is -0.688. The van der Waals surface area contributed by atoms with E-state index in [1.165, 1.54) is 16.8 Å². The molecular formula is C12H18N2O3. The minimum absolute atomic E-state index is 0.243. The number of rotatable bonds is 3. The molecule has 1 unspecified atom stereocenters. The number of aryl methyl sites for hydroxylation is 1. The first kappa shape index (κ1) is 13.4. The van der Waals surface area contributed by atoms with Crippen molar-refractivity contribution in [1.29, 1.82) is 0 Å². The molecule has 0 aromatic carbocycles. The number of aliphatic hydroxyl groups excluding tert-OH is 1. The van der Waals surface area contributed by atoms with Crippen molar-refractivity contribution in [3.05, 3.63) is 34.2 Å². The van der Waals surface area contributed by atoms with Crippen LogP contribution >= 0.6 is 0 Å². The number of carbonyl (C=O) groups excluding carboxylic acids is 1. The molecule has 17 heavy (non-hydrogen) atoms. The minimum Gasteiger partial charge on any atom is -0.391 e. The molecule has 1 amide bonds. The lowest BCUT2D eigenvalue weighted by atomic mass is 9.98. The molecule has 0 fully saturated rings. The minimum atomic E-state index is -0.738. The molecular weight excluding hydrogens is 220 g/mol. The van der Waals surface area contributed by atoms with Crippen LogP contribution in [0.15, 0.2) is 23.1 Å². The molecule has 1 aromatic heterocycles. The van der Waals surface area contributed by atoms with Crippen molar-refractivity contribution in [3.8, 4) is 0 Å². The Morgan fingerprint density at radius 3 is 2.59 bits per heavy atom. The van der Waals surface area contributed by atoms with Gasteiger partial charge in [0.25, 0.3) is 11.5 Å². The van der Waals surface area contributed by atoms with Crippen molar-refractivity contribution < 1.29 is 9.90 Å². The zero-order valence-electron chi connectivity index (χ0n) is 10.5. The summed E-state index contributed by atoms with van der Waals surface area (Å²) in [6.45, 7) is 5.04. The molecule has 94 valence electrons. The van der Waals surface area contributed by atoms with Crippen LogP contribution < -0.4 is 10.9 Å². The standard InChI is InChI=1S/C12H18N2O3/c1-8(15)12(2,3)13-11(17)9-5-6-14(4)10(16)7-9/h5-8,15H,1-4H3,(H,13,17). The molecule has 0 radical (unpaired) electrons. The predicted octanol–water partition coefficient (Wildman–Crippen LogP) is 0.274. The fourth-order valence-corrected chi connectivity index (χ4v) is 1.16. The van der Waals surface area contributed by atoms with Gasteiger partial charge in [-0.3, -0.25) is 9.59 Å². The van der Waals surface area contributed by atoms with Crippen molar-refractivity contribution >= 4 is 5.91 Å². The highest BCUT2D eigenvalue weighted by molar-refractivity contribution is 5.94. The summed E-state index contributed by atoms with van der Waals surface area (Å²) in [6, 6.07) is 2.84. The first-order chi connectivity index (χ1) is 7.74. The lowest BCUT2D eigenvalue weighted by molar-refractivity contribution is 0.0709. The van der Waals surface area contributed by atoms with Gasteiger partial charge in [-0.15, -0.1) is 0 Å². The molecule has 5 nitrogen and oxygen atoms in total. The number of pyridine rings is 1. The Morgan fingerprint density at radius 1 is 1.53 bits per heavy atom. The maximum absolute atomic E-state index is 11.9. The van der Waals surface area contributed by atoms with Crippen LogP contribution in [0.25, 0.3) is 0 Å². The van der Waals surface area contributed by atoms with Crippen molar-refractivity contribution in [2.24, 2.45) is 7.05 Å². The third-order valence-electron chi connectivity index (χ3n) is 2.85. The molecule has 0 aliphatic heterocycles. The zero-order chi connectivity index (χ0) is 13.2. The van der Waals surface area contributed by atoms with Crippen LogP contribution in [0, 0.1) is 0 Å². The van der Waals surface area contributed by atoms with E-state index in [4.69, 9.17) is 0 Å². The van der Waals surface area contributed by atoms with E-state index in [1.807, 2.05) is 0 Å². The Bertz CT molecular complexity index is 475. The van der Waals surface area contributed by atoms with Crippen LogP contribution in [-0.2, 0) is 7.05 Å². The van der Waals surface area contributed by atoms with Gasteiger partial charge in [0.05, 0.1) is 11.6 Å². The average molecular weight is 238 g/mol. The van der Waals surface area contributed by atoms with Gasteiger partial charge in [-0.25, -0.2) is 0 Å². The second-order valence-corrected chi connectivity index (χ2v) is 4.72. The molecule has 0 saturated heterocycles. The van der Waals surface area contributed by atoms with Gasteiger partial charge in [0.15, 0.2) is 0 Å². The largest absolute Gasteiger partial charge is 0.391 e. The topological polar surface area (TPSA) is 71.3 Å². The normalized spacial score (nSPS) is 13.2. The third-order valence-corrected chi connectivity index (χ3v) is 2.85. The number of aliphatic hydroxyl groups is 1. The average Bonchev–Trinajstić information content (AvgIpc) is 2.21. The Hall–Kier alpha value is -1.62. The highest BCUT2D eigenvalue weighted by Gasteiger charge is 2.26. The number of carbonyl (C=O) groups is 1. The summed E-state index contributed by atoms with van der Waals surface area (Å²) < 4.78 is 1.39. The molecule has 1 atom stereocenters. The number of nitrogens with zero attached hydrogens (tertiary/aromatic N) is 1. The van der Waals surface area contributed by atoms with Crippen LogP contribution in [0.2, 0.25) is 0 Å². The summed E-state index contributed by atoms with van der Waals surface area (Å²) in [6.07, 6.45) is 0.852. The highest BCUT2D eigenvalue weighted by atomic mass is 16.3. The molecule has 2 N–H and O–H groups in total. The van der Waals surface area contributed by atoms with E-state index in [-0.39, 0.29) is 11.5 Å². The Kier molecular flexibility index (Phi) is 3.72. The van der Waals surface area contributed by atoms with Gasteiger partial charge in [-0.05, 0) is 26.8 Å². The summed E-state index contributed by atoms with van der Waals surface area (Å²) in [5, 5.41) is 12.2. The number of amides is 1. The van der Waals surface area contributed by atoms with E-state index in [1.54, 1.807) is 33.9 Å². The summed E-state index contributed by atoms with van der Waals surface area (Å²) in [5.74, 6) is -0.367. The quantitative estimate of drug-likeness (QED) is 0.794. The Morgan fingerprint density at radius 2 is 2.12 bits per heavy atom. The molecule has 0 aliphatic rings. The second-order valence-electron chi connectivity index (χ2n) is 4.72. The Balaban J connectivity index is 2.91. The number of hydrogen-bond donors (Lipinski definition) is 2. The summed E-state index contributed by atoms with van der Waals surface area (Å²) in [7, 11) is 1.61. The first-order valence-electron chi connectivity index (χ1n) is 5.41. The maximum atomic E-state index is 11.9. The fourth-order valence-electron chi connectivity index (χ4n) is 1.16. The molecule has 1 rings (SSSR count). The van der Waals surface area contributed by atoms with Crippen LogP contribution in [-0.4, -0.2) is 27.2 Å². The molecule has 1 aromatic rings. The number of aromatic nitrogens is 1. The fraction of sp³-hybridized carbons (Fsp3) is 0.500. The van der Waals surface area contributed by atoms with Crippen molar-refractivity contribution in [1.82, 2.24) is 9.88 Å². The first-order valence-corrected chi connectivity index (χ1v) is 5.41. The molecule has 1 heterocycles. The lowest BCUT2D eigenvalue weighted by Gasteiger charge is -2.29. The van der Waals surface area contributed by atoms with Crippen molar-refractivity contribution in [3.63, 3.8) is 0 Å². The van der Waals surface area contributed by atoms with Gasteiger partial charge in [0.2, 0.25) is 0 Å². The van der Waals surface area contributed by atoms with E-state index in [0.717, 1.165) is 0 Å². The van der Waals surface area contributed by atoms with Crippen molar-refractivity contribution in [2.45, 2.75) is 32.4 Å². The summed E-state index contributed by atoms with van der Waals surface area (Å²) in [4.78, 5) is 23.2. The maximum Gasteiger partial charge on any atom is 0.252 e. The van der Waals surface area contributed by atoms with E-state index in [2.05, 4.69) is 5.32 Å². The second kappa shape index (κ2) is 4.71. The van der Waals surface area contributed by atoms with Gasteiger partial charge in [0.1, 0.15) is 0 Å².